The van der Waals surface area contributed by atoms with Gasteiger partial charge in [0.2, 0.25) is 0 Å². The van der Waals surface area contributed by atoms with Crippen molar-refractivity contribution in [2.24, 2.45) is 0 Å². The summed E-state index contributed by atoms with van der Waals surface area (Å²) in [5.41, 5.74) is 1.73. The number of amides is 2. The maximum Gasteiger partial charge on any atom is 0.259 e. The third-order valence-electron chi connectivity index (χ3n) is 3.59. The van der Waals surface area contributed by atoms with E-state index in [1.165, 1.54) is 0 Å². The predicted octanol–water partition coefficient (Wildman–Crippen LogP) is 1.55. The lowest BCUT2D eigenvalue weighted by Gasteiger charge is -2.13. The SMILES string of the molecule is CC1CCC(CNc2ccc3c(c2)C(=O)NC3=O)O1. The molecule has 1 fully saturated rings. The van der Waals surface area contributed by atoms with Gasteiger partial charge in [0, 0.05) is 12.2 Å². The molecular formula is C14H16N2O3. The van der Waals surface area contributed by atoms with Gasteiger partial charge in [-0.2, -0.15) is 0 Å². The fourth-order valence-corrected chi connectivity index (χ4v) is 2.54. The lowest BCUT2D eigenvalue weighted by molar-refractivity contribution is 0.0637. The molecule has 19 heavy (non-hydrogen) atoms. The highest BCUT2D eigenvalue weighted by atomic mass is 16.5. The fraction of sp³-hybridized carbons (Fsp3) is 0.429. The van der Waals surface area contributed by atoms with Crippen molar-refractivity contribution in [1.29, 1.82) is 0 Å². The highest BCUT2D eigenvalue weighted by Gasteiger charge is 2.27. The Bertz CT molecular complexity index is 541. The van der Waals surface area contributed by atoms with Gasteiger partial charge in [-0.3, -0.25) is 14.9 Å². The predicted molar refractivity (Wildman–Crippen MR) is 70.3 cm³/mol. The number of carbonyl (C=O) groups is 2. The van der Waals surface area contributed by atoms with Crippen molar-refractivity contribution in [3.8, 4) is 0 Å². The van der Waals surface area contributed by atoms with Crippen LogP contribution in [-0.2, 0) is 4.74 Å². The van der Waals surface area contributed by atoms with E-state index in [2.05, 4.69) is 17.6 Å². The van der Waals surface area contributed by atoms with Gasteiger partial charge in [0.05, 0.1) is 23.3 Å². The Balaban J connectivity index is 1.68. The van der Waals surface area contributed by atoms with Gasteiger partial charge < -0.3 is 10.1 Å². The maximum absolute atomic E-state index is 11.5. The average molecular weight is 260 g/mol. The normalized spacial score (nSPS) is 25.3. The quantitative estimate of drug-likeness (QED) is 0.809. The zero-order valence-corrected chi connectivity index (χ0v) is 10.7. The molecule has 2 heterocycles. The summed E-state index contributed by atoms with van der Waals surface area (Å²) in [6.07, 6.45) is 2.69. The molecule has 3 rings (SSSR count). The number of ether oxygens (including phenoxy) is 1. The third-order valence-corrected chi connectivity index (χ3v) is 3.59. The van der Waals surface area contributed by atoms with Crippen LogP contribution in [0.4, 0.5) is 5.69 Å². The smallest absolute Gasteiger partial charge is 0.259 e. The second-order valence-corrected chi connectivity index (χ2v) is 5.07. The van der Waals surface area contributed by atoms with Gasteiger partial charge in [0.15, 0.2) is 0 Å². The van der Waals surface area contributed by atoms with Crippen molar-refractivity contribution < 1.29 is 14.3 Å². The van der Waals surface area contributed by atoms with Crippen LogP contribution >= 0.6 is 0 Å². The molecule has 2 N–H and O–H groups in total. The molecule has 2 unspecified atom stereocenters. The summed E-state index contributed by atoms with van der Waals surface area (Å²) in [4.78, 5) is 23.0. The first kappa shape index (κ1) is 12.2. The molecule has 0 spiro atoms. The van der Waals surface area contributed by atoms with Crippen LogP contribution in [0.3, 0.4) is 0 Å². The minimum Gasteiger partial charge on any atom is -0.382 e. The third kappa shape index (κ3) is 2.33. The van der Waals surface area contributed by atoms with Gasteiger partial charge in [-0.05, 0) is 38.0 Å². The number of nitrogens with one attached hydrogen (secondary N) is 2. The van der Waals surface area contributed by atoms with Crippen LogP contribution in [0.5, 0.6) is 0 Å². The molecule has 2 amide bonds. The molecule has 5 nitrogen and oxygen atoms in total. The van der Waals surface area contributed by atoms with Gasteiger partial charge in [-0.1, -0.05) is 0 Å². The first-order valence-electron chi connectivity index (χ1n) is 6.52. The second-order valence-electron chi connectivity index (χ2n) is 5.07. The summed E-state index contributed by atoms with van der Waals surface area (Å²) in [6, 6.07) is 5.21. The molecule has 1 aromatic carbocycles. The minimum absolute atomic E-state index is 0.221. The van der Waals surface area contributed by atoms with Crippen LogP contribution in [0, 0.1) is 0 Å². The van der Waals surface area contributed by atoms with Crippen molar-refractivity contribution >= 4 is 17.5 Å². The van der Waals surface area contributed by atoms with Crippen LogP contribution in [0.25, 0.3) is 0 Å². The minimum atomic E-state index is -0.325. The van der Waals surface area contributed by atoms with E-state index >= 15 is 0 Å². The summed E-state index contributed by atoms with van der Waals surface area (Å²) in [6.45, 7) is 2.80. The number of benzene rings is 1. The summed E-state index contributed by atoms with van der Waals surface area (Å²) >= 11 is 0. The molecule has 1 saturated heterocycles. The molecule has 0 radical (unpaired) electrons. The summed E-state index contributed by atoms with van der Waals surface area (Å²) in [5, 5.41) is 5.54. The van der Waals surface area contributed by atoms with Crippen LogP contribution < -0.4 is 10.6 Å². The maximum atomic E-state index is 11.5. The number of hydrogen-bond donors (Lipinski definition) is 2. The van der Waals surface area contributed by atoms with E-state index in [1.54, 1.807) is 12.1 Å². The molecule has 2 aliphatic rings. The number of fused-ring (bicyclic) bond motifs is 1. The Labute approximate surface area is 111 Å². The molecule has 0 aliphatic carbocycles. The zero-order valence-electron chi connectivity index (χ0n) is 10.7. The first-order chi connectivity index (χ1) is 9.13. The Morgan fingerprint density at radius 1 is 1.26 bits per heavy atom. The van der Waals surface area contributed by atoms with Crippen LogP contribution in [0.15, 0.2) is 18.2 Å². The van der Waals surface area contributed by atoms with E-state index in [0.717, 1.165) is 25.1 Å². The van der Waals surface area contributed by atoms with Gasteiger partial charge in [-0.25, -0.2) is 0 Å². The Morgan fingerprint density at radius 2 is 2.05 bits per heavy atom. The summed E-state index contributed by atoms with van der Waals surface area (Å²) < 4.78 is 5.72. The van der Waals surface area contributed by atoms with Crippen LogP contribution in [0.1, 0.15) is 40.5 Å². The van der Waals surface area contributed by atoms with Gasteiger partial charge in [0.25, 0.3) is 11.8 Å². The molecule has 0 aromatic heterocycles. The van der Waals surface area contributed by atoms with E-state index in [9.17, 15) is 9.59 Å². The Kier molecular flexibility index (Phi) is 2.98. The molecule has 5 heteroatoms. The highest BCUT2D eigenvalue weighted by molar-refractivity contribution is 6.21. The van der Waals surface area contributed by atoms with Gasteiger partial charge in [-0.15, -0.1) is 0 Å². The second kappa shape index (κ2) is 4.66. The van der Waals surface area contributed by atoms with Crippen LogP contribution in [0.2, 0.25) is 0 Å². The van der Waals surface area contributed by atoms with Crippen molar-refractivity contribution in [1.82, 2.24) is 5.32 Å². The van der Waals surface area contributed by atoms with E-state index in [4.69, 9.17) is 4.74 Å². The highest BCUT2D eigenvalue weighted by Crippen LogP contribution is 2.22. The monoisotopic (exact) mass is 260 g/mol. The number of carbonyl (C=O) groups excluding carboxylic acids is 2. The topological polar surface area (TPSA) is 67.4 Å². The standard InChI is InChI=1S/C14H16N2O3/c1-8-2-4-10(19-8)7-15-9-3-5-11-12(6-9)14(18)16-13(11)17/h3,5-6,8,10,15H,2,4,7H2,1H3,(H,16,17,18). The lowest BCUT2D eigenvalue weighted by atomic mass is 10.1. The molecule has 0 bridgehead atoms. The zero-order chi connectivity index (χ0) is 13.4. The molecule has 1 aromatic rings. The van der Waals surface area contributed by atoms with Crippen molar-refractivity contribution in [3.05, 3.63) is 29.3 Å². The van der Waals surface area contributed by atoms with Crippen molar-refractivity contribution in [2.45, 2.75) is 32.0 Å². The molecule has 0 saturated carbocycles. The number of anilines is 1. The fourth-order valence-electron chi connectivity index (χ4n) is 2.54. The number of imide groups is 1. The largest absolute Gasteiger partial charge is 0.382 e. The molecule has 2 atom stereocenters. The van der Waals surface area contributed by atoms with E-state index < -0.39 is 0 Å². The van der Waals surface area contributed by atoms with Crippen LogP contribution in [-0.4, -0.2) is 30.6 Å². The molecule has 2 aliphatic heterocycles. The van der Waals surface area contributed by atoms with Crippen molar-refractivity contribution in [3.63, 3.8) is 0 Å². The van der Waals surface area contributed by atoms with E-state index in [0.29, 0.717) is 17.2 Å². The summed E-state index contributed by atoms with van der Waals surface area (Å²) in [5.74, 6) is -0.645. The van der Waals surface area contributed by atoms with E-state index in [1.807, 2.05) is 6.07 Å². The average Bonchev–Trinajstić information content (AvgIpc) is 2.92. The molecule has 100 valence electrons. The molecular weight excluding hydrogens is 244 g/mol. The van der Waals surface area contributed by atoms with Gasteiger partial charge in [0.1, 0.15) is 0 Å². The van der Waals surface area contributed by atoms with Crippen molar-refractivity contribution in [2.75, 3.05) is 11.9 Å². The number of hydrogen-bond acceptors (Lipinski definition) is 4. The summed E-state index contributed by atoms with van der Waals surface area (Å²) in [7, 11) is 0. The Morgan fingerprint density at radius 3 is 2.79 bits per heavy atom. The lowest BCUT2D eigenvalue weighted by Crippen LogP contribution is -2.20. The number of rotatable bonds is 3. The van der Waals surface area contributed by atoms with E-state index in [-0.39, 0.29) is 17.9 Å². The Hall–Kier alpha value is -1.88. The van der Waals surface area contributed by atoms with Gasteiger partial charge >= 0.3 is 0 Å². The first-order valence-corrected chi connectivity index (χ1v) is 6.52.